The number of carbonyl (C=O) groups is 1. The lowest BCUT2D eigenvalue weighted by Crippen LogP contribution is -2.50. The van der Waals surface area contributed by atoms with Gasteiger partial charge in [-0.15, -0.1) is 0 Å². The number of benzene rings is 1. The van der Waals surface area contributed by atoms with E-state index in [1.54, 1.807) is 0 Å². The molecule has 0 saturated carbocycles. The zero-order valence-corrected chi connectivity index (χ0v) is 14.7. The molecule has 126 valence electrons. The molecule has 23 heavy (non-hydrogen) atoms. The van der Waals surface area contributed by atoms with Gasteiger partial charge in [-0.05, 0) is 50.7 Å². The Morgan fingerprint density at radius 3 is 2.35 bits per heavy atom. The van der Waals surface area contributed by atoms with Gasteiger partial charge in [0.15, 0.2) is 0 Å². The van der Waals surface area contributed by atoms with Crippen LogP contribution in [-0.2, 0) is 4.79 Å². The van der Waals surface area contributed by atoms with Gasteiger partial charge in [0.25, 0.3) is 0 Å². The fourth-order valence-corrected chi connectivity index (χ4v) is 4.27. The summed E-state index contributed by atoms with van der Waals surface area (Å²) in [6.45, 7) is 10.8. The molecule has 4 nitrogen and oxygen atoms in total. The van der Waals surface area contributed by atoms with Crippen LogP contribution in [0, 0.1) is 26.7 Å². The number of aliphatic hydroxyl groups is 1. The molecule has 2 heterocycles. The molecule has 0 bridgehead atoms. The van der Waals surface area contributed by atoms with Gasteiger partial charge in [-0.2, -0.15) is 0 Å². The summed E-state index contributed by atoms with van der Waals surface area (Å²) in [6, 6.07) is 4.29. The fourth-order valence-electron chi connectivity index (χ4n) is 4.27. The van der Waals surface area contributed by atoms with Crippen molar-refractivity contribution in [2.75, 3.05) is 24.5 Å². The zero-order chi connectivity index (χ0) is 16.7. The van der Waals surface area contributed by atoms with E-state index in [1.807, 2.05) is 4.90 Å². The van der Waals surface area contributed by atoms with Gasteiger partial charge in [0.2, 0.25) is 5.91 Å². The third-order valence-electron chi connectivity index (χ3n) is 5.41. The fraction of sp³-hybridized carbons (Fsp3) is 0.632. The highest BCUT2D eigenvalue weighted by molar-refractivity contribution is 6.00. The summed E-state index contributed by atoms with van der Waals surface area (Å²) in [6.07, 6.45) is 1.43. The number of anilines is 1. The van der Waals surface area contributed by atoms with Crippen LogP contribution in [0.25, 0.3) is 0 Å². The SMILES string of the molecule is Cc1cc(C)c(N2CC[C@H](N3CC[C@@H](O)[C@H](C)C3)C2=O)c(C)c1. The van der Waals surface area contributed by atoms with Crippen LogP contribution in [0.4, 0.5) is 5.69 Å². The third-order valence-corrected chi connectivity index (χ3v) is 5.41. The average Bonchev–Trinajstić information content (AvgIpc) is 2.83. The van der Waals surface area contributed by atoms with Crippen molar-refractivity contribution >= 4 is 11.6 Å². The smallest absolute Gasteiger partial charge is 0.244 e. The number of likely N-dealkylation sites (tertiary alicyclic amines) is 1. The van der Waals surface area contributed by atoms with Gasteiger partial charge < -0.3 is 10.0 Å². The van der Waals surface area contributed by atoms with Crippen LogP contribution in [0.2, 0.25) is 0 Å². The Morgan fingerprint density at radius 2 is 1.74 bits per heavy atom. The lowest BCUT2D eigenvalue weighted by Gasteiger charge is -2.37. The molecule has 2 aliphatic heterocycles. The topological polar surface area (TPSA) is 43.8 Å². The van der Waals surface area contributed by atoms with E-state index in [0.29, 0.717) is 0 Å². The molecule has 3 rings (SSSR count). The second-order valence-corrected chi connectivity index (χ2v) is 7.37. The molecule has 1 aromatic rings. The number of amides is 1. The number of carbonyl (C=O) groups excluding carboxylic acids is 1. The number of aliphatic hydroxyl groups excluding tert-OH is 1. The summed E-state index contributed by atoms with van der Waals surface area (Å²) in [5.74, 6) is 0.470. The van der Waals surface area contributed by atoms with Gasteiger partial charge in [-0.25, -0.2) is 0 Å². The van der Waals surface area contributed by atoms with Gasteiger partial charge in [-0.1, -0.05) is 24.6 Å². The number of piperidine rings is 1. The zero-order valence-electron chi connectivity index (χ0n) is 14.7. The number of hydrogen-bond donors (Lipinski definition) is 1. The Bertz CT molecular complexity index is 590. The lowest BCUT2D eigenvalue weighted by atomic mass is 9.95. The molecule has 2 saturated heterocycles. The minimum Gasteiger partial charge on any atom is -0.393 e. The van der Waals surface area contributed by atoms with Crippen LogP contribution in [0.5, 0.6) is 0 Å². The molecule has 3 atom stereocenters. The largest absolute Gasteiger partial charge is 0.393 e. The van der Waals surface area contributed by atoms with E-state index in [0.717, 1.165) is 38.2 Å². The summed E-state index contributed by atoms with van der Waals surface area (Å²) < 4.78 is 0. The first-order valence-electron chi connectivity index (χ1n) is 8.70. The predicted molar refractivity (Wildman–Crippen MR) is 92.8 cm³/mol. The first-order valence-corrected chi connectivity index (χ1v) is 8.70. The first kappa shape index (κ1) is 16.5. The number of aryl methyl sites for hydroxylation is 3. The monoisotopic (exact) mass is 316 g/mol. The molecule has 2 aliphatic rings. The summed E-state index contributed by atoms with van der Waals surface area (Å²) in [4.78, 5) is 17.3. The molecule has 4 heteroatoms. The van der Waals surface area contributed by atoms with Crippen molar-refractivity contribution < 1.29 is 9.90 Å². The van der Waals surface area contributed by atoms with Crippen LogP contribution in [0.15, 0.2) is 12.1 Å². The second kappa shape index (κ2) is 6.25. The highest BCUT2D eigenvalue weighted by Gasteiger charge is 2.40. The van der Waals surface area contributed by atoms with Crippen LogP contribution in [-0.4, -0.2) is 47.7 Å². The van der Waals surface area contributed by atoms with E-state index >= 15 is 0 Å². The minimum absolute atomic E-state index is 0.0231. The van der Waals surface area contributed by atoms with Gasteiger partial charge in [-0.3, -0.25) is 9.69 Å². The molecule has 1 aromatic carbocycles. The Hall–Kier alpha value is -1.39. The van der Waals surface area contributed by atoms with E-state index in [2.05, 4.69) is 44.7 Å². The molecule has 0 unspecified atom stereocenters. The summed E-state index contributed by atoms with van der Waals surface area (Å²) >= 11 is 0. The minimum atomic E-state index is -0.222. The van der Waals surface area contributed by atoms with Gasteiger partial charge in [0, 0.05) is 25.3 Å². The Labute approximate surface area is 139 Å². The normalized spacial score (nSPS) is 29.3. The van der Waals surface area contributed by atoms with Crippen molar-refractivity contribution in [1.29, 1.82) is 0 Å². The van der Waals surface area contributed by atoms with E-state index in [1.165, 1.54) is 16.7 Å². The first-order chi connectivity index (χ1) is 10.9. The van der Waals surface area contributed by atoms with Crippen LogP contribution in [0.3, 0.4) is 0 Å². The maximum atomic E-state index is 13.0. The molecule has 0 radical (unpaired) electrons. The molecule has 1 N–H and O–H groups in total. The van der Waals surface area contributed by atoms with Gasteiger partial charge in [0.1, 0.15) is 0 Å². The van der Waals surface area contributed by atoms with Crippen molar-refractivity contribution in [3.8, 4) is 0 Å². The quantitative estimate of drug-likeness (QED) is 0.911. The predicted octanol–water partition coefficient (Wildman–Crippen LogP) is 2.42. The lowest BCUT2D eigenvalue weighted by molar-refractivity contribution is -0.123. The second-order valence-electron chi connectivity index (χ2n) is 7.37. The number of hydrogen-bond acceptors (Lipinski definition) is 3. The molecule has 2 fully saturated rings. The van der Waals surface area contributed by atoms with Crippen LogP contribution >= 0.6 is 0 Å². The van der Waals surface area contributed by atoms with E-state index in [9.17, 15) is 9.90 Å². The standard InChI is InChI=1S/C19H28N2O2/c1-12-9-13(2)18(14(3)10-12)21-8-5-16(19(21)23)20-7-6-17(22)15(4)11-20/h9-10,15-17,22H,5-8,11H2,1-4H3/t15-,16+,17-/m1/s1. The highest BCUT2D eigenvalue weighted by atomic mass is 16.3. The third kappa shape index (κ3) is 3.02. The van der Waals surface area contributed by atoms with E-state index < -0.39 is 0 Å². The molecule has 1 amide bonds. The Morgan fingerprint density at radius 1 is 1.09 bits per heavy atom. The molecule has 0 spiro atoms. The average molecular weight is 316 g/mol. The van der Waals surface area contributed by atoms with Crippen molar-refractivity contribution in [3.05, 3.63) is 28.8 Å². The van der Waals surface area contributed by atoms with Crippen molar-refractivity contribution in [2.24, 2.45) is 5.92 Å². The number of nitrogens with zero attached hydrogens (tertiary/aromatic N) is 2. The summed E-state index contributed by atoms with van der Waals surface area (Å²) in [7, 11) is 0. The Kier molecular flexibility index (Phi) is 4.47. The van der Waals surface area contributed by atoms with Crippen molar-refractivity contribution in [1.82, 2.24) is 4.90 Å². The summed E-state index contributed by atoms with van der Waals surface area (Å²) in [5.41, 5.74) is 4.69. The maximum absolute atomic E-state index is 13.0. The van der Waals surface area contributed by atoms with Crippen LogP contribution < -0.4 is 4.90 Å². The van der Waals surface area contributed by atoms with Gasteiger partial charge in [0.05, 0.1) is 12.1 Å². The van der Waals surface area contributed by atoms with Gasteiger partial charge >= 0.3 is 0 Å². The van der Waals surface area contributed by atoms with Crippen LogP contribution in [0.1, 0.15) is 36.5 Å². The molecular weight excluding hydrogens is 288 g/mol. The van der Waals surface area contributed by atoms with E-state index in [-0.39, 0.29) is 24.0 Å². The number of rotatable bonds is 2. The van der Waals surface area contributed by atoms with Crippen molar-refractivity contribution in [2.45, 2.75) is 52.7 Å². The maximum Gasteiger partial charge on any atom is 0.244 e. The highest BCUT2D eigenvalue weighted by Crippen LogP contribution is 2.32. The molecule has 0 aliphatic carbocycles. The molecular formula is C19H28N2O2. The summed E-state index contributed by atoms with van der Waals surface area (Å²) in [5, 5.41) is 9.91. The molecule has 0 aromatic heterocycles. The Balaban J connectivity index is 1.80. The van der Waals surface area contributed by atoms with E-state index in [4.69, 9.17) is 0 Å². The van der Waals surface area contributed by atoms with Crippen molar-refractivity contribution in [3.63, 3.8) is 0 Å².